The molecule has 6 nitrogen and oxygen atoms in total. The second-order valence-corrected chi connectivity index (χ2v) is 10.4. The molecule has 1 aliphatic heterocycles. The van der Waals surface area contributed by atoms with E-state index in [1.165, 1.54) is 5.69 Å². The highest BCUT2D eigenvalue weighted by Gasteiger charge is 2.23. The summed E-state index contributed by atoms with van der Waals surface area (Å²) in [4.78, 5) is 2.40. The molecule has 2 rings (SSSR count). The summed E-state index contributed by atoms with van der Waals surface area (Å²) in [6, 6.07) is 8.61. The van der Waals surface area contributed by atoms with Gasteiger partial charge in [0.15, 0.2) is 0 Å². The van der Waals surface area contributed by atoms with E-state index in [4.69, 9.17) is 4.74 Å². The number of nitrogens with one attached hydrogen (secondary N) is 2. The molecule has 0 radical (unpaired) electrons. The Morgan fingerprint density at radius 3 is 2.39 bits per heavy atom. The van der Waals surface area contributed by atoms with Crippen LogP contribution >= 0.6 is 0 Å². The molecule has 7 heteroatoms. The van der Waals surface area contributed by atoms with E-state index in [0.29, 0.717) is 18.6 Å². The minimum atomic E-state index is -3.13. The van der Waals surface area contributed by atoms with E-state index in [-0.39, 0.29) is 5.25 Å². The van der Waals surface area contributed by atoms with E-state index < -0.39 is 10.0 Å². The summed E-state index contributed by atoms with van der Waals surface area (Å²) in [6.45, 7) is 11.9. The molecule has 1 aromatic carbocycles. The Hall–Kier alpha value is -1.31. The summed E-state index contributed by atoms with van der Waals surface area (Å²) in [6.07, 6.45) is 3.18. The molecule has 1 aliphatic rings. The maximum atomic E-state index is 11.7. The minimum absolute atomic E-state index is 0.302. The van der Waals surface area contributed by atoms with Crippen LogP contribution in [0.15, 0.2) is 24.3 Å². The molecule has 1 unspecified atom stereocenters. The molecule has 0 amide bonds. The molecule has 160 valence electrons. The molecule has 1 heterocycles. The quantitative estimate of drug-likeness (QED) is 0.546. The van der Waals surface area contributed by atoms with Crippen molar-refractivity contribution in [2.75, 3.05) is 43.0 Å². The SMILES string of the molecule is CC(C)C1CN(c2ccc(NCCCCCNS(=O)(=O)C(C)C)cc2)CCO1. The Balaban J connectivity index is 1.65. The van der Waals surface area contributed by atoms with Gasteiger partial charge in [-0.05, 0) is 56.9 Å². The molecule has 0 saturated carbocycles. The number of nitrogens with zero attached hydrogens (tertiary/aromatic N) is 1. The van der Waals surface area contributed by atoms with Crippen molar-refractivity contribution < 1.29 is 13.2 Å². The molecule has 1 fully saturated rings. The number of unbranched alkanes of at least 4 members (excludes halogenated alkanes) is 2. The summed E-state index contributed by atoms with van der Waals surface area (Å²) in [5, 5.41) is 3.08. The van der Waals surface area contributed by atoms with Crippen LogP contribution in [0.3, 0.4) is 0 Å². The number of sulfonamides is 1. The lowest BCUT2D eigenvalue weighted by Crippen LogP contribution is -2.44. The van der Waals surface area contributed by atoms with E-state index >= 15 is 0 Å². The maximum absolute atomic E-state index is 11.7. The highest BCUT2D eigenvalue weighted by atomic mass is 32.2. The van der Waals surface area contributed by atoms with Crippen LogP contribution < -0.4 is 14.9 Å². The molecular weight excluding hydrogens is 374 g/mol. The van der Waals surface area contributed by atoms with E-state index in [2.05, 4.69) is 53.1 Å². The Bertz CT molecular complexity index is 675. The van der Waals surface area contributed by atoms with Crippen molar-refractivity contribution in [2.45, 2.75) is 58.3 Å². The van der Waals surface area contributed by atoms with Crippen molar-refractivity contribution >= 4 is 21.4 Å². The van der Waals surface area contributed by atoms with Crippen LogP contribution in [0, 0.1) is 5.92 Å². The first-order chi connectivity index (χ1) is 13.3. The van der Waals surface area contributed by atoms with Gasteiger partial charge in [0.2, 0.25) is 10.0 Å². The van der Waals surface area contributed by atoms with Crippen LogP contribution in [0.4, 0.5) is 11.4 Å². The zero-order valence-corrected chi connectivity index (χ0v) is 18.6. The molecule has 0 bridgehead atoms. The summed E-state index contributed by atoms with van der Waals surface area (Å²) in [5.41, 5.74) is 2.37. The Kier molecular flexibility index (Phi) is 9.05. The van der Waals surface area contributed by atoms with E-state index in [9.17, 15) is 8.42 Å². The smallest absolute Gasteiger partial charge is 0.213 e. The van der Waals surface area contributed by atoms with E-state index in [1.807, 2.05) is 0 Å². The number of hydrogen-bond donors (Lipinski definition) is 2. The molecule has 0 aromatic heterocycles. The van der Waals surface area contributed by atoms with Crippen molar-refractivity contribution in [3.8, 4) is 0 Å². The summed E-state index contributed by atoms with van der Waals surface area (Å²) < 4.78 is 31.8. The average molecular weight is 412 g/mol. The third-order valence-corrected chi connectivity index (χ3v) is 7.02. The van der Waals surface area contributed by atoms with Crippen molar-refractivity contribution in [2.24, 2.45) is 5.92 Å². The zero-order valence-electron chi connectivity index (χ0n) is 17.8. The van der Waals surface area contributed by atoms with Gasteiger partial charge in [-0.3, -0.25) is 0 Å². The number of hydrogen-bond acceptors (Lipinski definition) is 5. The fourth-order valence-electron chi connectivity index (χ4n) is 3.14. The molecular formula is C21H37N3O3S. The van der Waals surface area contributed by atoms with Gasteiger partial charge in [0.25, 0.3) is 0 Å². The van der Waals surface area contributed by atoms with Crippen molar-refractivity contribution in [3.63, 3.8) is 0 Å². The third kappa shape index (κ3) is 7.26. The Morgan fingerprint density at radius 1 is 1.07 bits per heavy atom. The molecule has 2 N–H and O–H groups in total. The van der Waals surface area contributed by atoms with Gasteiger partial charge in [0.05, 0.1) is 18.0 Å². The second-order valence-electron chi connectivity index (χ2n) is 8.12. The van der Waals surface area contributed by atoms with Gasteiger partial charge in [-0.2, -0.15) is 0 Å². The second kappa shape index (κ2) is 11.0. The number of ether oxygens (including phenoxy) is 1. The summed E-state index contributed by atoms with van der Waals surface area (Å²) >= 11 is 0. The first-order valence-corrected chi connectivity index (χ1v) is 12.0. The van der Waals surface area contributed by atoms with E-state index in [0.717, 1.165) is 51.2 Å². The minimum Gasteiger partial charge on any atom is -0.385 e. The Morgan fingerprint density at radius 2 is 1.75 bits per heavy atom. The van der Waals surface area contributed by atoms with Crippen LogP contribution in [0.2, 0.25) is 0 Å². The van der Waals surface area contributed by atoms with Crippen LogP contribution in [-0.2, 0) is 14.8 Å². The molecule has 0 aliphatic carbocycles. The van der Waals surface area contributed by atoms with Gasteiger partial charge in [0.1, 0.15) is 0 Å². The predicted molar refractivity (Wildman–Crippen MR) is 118 cm³/mol. The fraction of sp³-hybridized carbons (Fsp3) is 0.714. The first kappa shape index (κ1) is 23.0. The largest absolute Gasteiger partial charge is 0.385 e. The average Bonchev–Trinajstić information content (AvgIpc) is 2.67. The molecule has 0 spiro atoms. The normalized spacial score (nSPS) is 18.1. The van der Waals surface area contributed by atoms with Gasteiger partial charge in [-0.15, -0.1) is 0 Å². The molecule has 28 heavy (non-hydrogen) atoms. The van der Waals surface area contributed by atoms with Gasteiger partial charge in [-0.25, -0.2) is 13.1 Å². The first-order valence-electron chi connectivity index (χ1n) is 10.5. The molecule has 1 atom stereocenters. The lowest BCUT2D eigenvalue weighted by atomic mass is 10.1. The Labute approximate surface area is 171 Å². The van der Waals surface area contributed by atoms with Crippen LogP contribution in [-0.4, -0.2) is 52.6 Å². The van der Waals surface area contributed by atoms with Crippen LogP contribution in [0.25, 0.3) is 0 Å². The highest BCUT2D eigenvalue weighted by Crippen LogP contribution is 2.22. The number of benzene rings is 1. The maximum Gasteiger partial charge on any atom is 0.213 e. The van der Waals surface area contributed by atoms with Crippen molar-refractivity contribution in [1.82, 2.24) is 4.72 Å². The van der Waals surface area contributed by atoms with Gasteiger partial charge < -0.3 is 15.0 Å². The van der Waals surface area contributed by atoms with Gasteiger partial charge in [0, 0.05) is 37.6 Å². The predicted octanol–water partition coefficient (Wildman–Crippen LogP) is 3.46. The zero-order chi connectivity index (χ0) is 20.6. The summed E-state index contributed by atoms with van der Waals surface area (Å²) in [5.74, 6) is 0.532. The lowest BCUT2D eigenvalue weighted by molar-refractivity contribution is 0.0114. The van der Waals surface area contributed by atoms with Crippen molar-refractivity contribution in [3.05, 3.63) is 24.3 Å². The summed E-state index contributed by atoms with van der Waals surface area (Å²) in [7, 11) is -3.13. The number of rotatable bonds is 11. The molecule has 1 aromatic rings. The monoisotopic (exact) mass is 411 g/mol. The van der Waals surface area contributed by atoms with Crippen LogP contribution in [0.5, 0.6) is 0 Å². The van der Waals surface area contributed by atoms with Crippen molar-refractivity contribution in [1.29, 1.82) is 0 Å². The molecule has 1 saturated heterocycles. The van der Waals surface area contributed by atoms with Gasteiger partial charge in [-0.1, -0.05) is 20.3 Å². The number of anilines is 2. The fourth-order valence-corrected chi connectivity index (χ4v) is 3.91. The van der Waals surface area contributed by atoms with Crippen LogP contribution in [0.1, 0.15) is 47.0 Å². The highest BCUT2D eigenvalue weighted by molar-refractivity contribution is 7.90. The van der Waals surface area contributed by atoms with Gasteiger partial charge >= 0.3 is 0 Å². The third-order valence-electron chi connectivity index (χ3n) is 5.18. The van der Waals surface area contributed by atoms with E-state index in [1.54, 1.807) is 13.8 Å². The topological polar surface area (TPSA) is 70.7 Å². The number of morpholine rings is 1. The lowest BCUT2D eigenvalue weighted by Gasteiger charge is -2.36. The standard InChI is InChI=1S/C21H37N3O3S/c1-17(2)21-16-24(14-15-27-21)20-10-8-19(9-11-20)22-12-6-5-7-13-23-28(25,26)18(3)4/h8-11,17-18,21-23H,5-7,12-16H2,1-4H3.